The van der Waals surface area contributed by atoms with Crippen LogP contribution in [-0.4, -0.2) is 11.8 Å². The predicted molar refractivity (Wildman–Crippen MR) is 113 cm³/mol. The number of rotatable bonds is 4. The number of aromatic nitrogens is 1. The highest BCUT2D eigenvalue weighted by Gasteiger charge is 2.23. The molecule has 1 aliphatic rings. The molecule has 0 saturated heterocycles. The predicted octanol–water partition coefficient (Wildman–Crippen LogP) is 5.12. The van der Waals surface area contributed by atoms with Gasteiger partial charge in [-0.2, -0.15) is 10.2 Å². The van der Waals surface area contributed by atoms with Gasteiger partial charge in [-0.1, -0.05) is 66.4 Å². The lowest BCUT2D eigenvalue weighted by molar-refractivity contribution is 0.174. The van der Waals surface area contributed by atoms with Crippen molar-refractivity contribution in [2.75, 3.05) is 6.79 Å². The summed E-state index contributed by atoms with van der Waals surface area (Å²) in [6.45, 7) is 4.01. The summed E-state index contributed by atoms with van der Waals surface area (Å²) in [5.41, 5.74) is 2.81. The second-order valence-corrected chi connectivity index (χ2v) is 6.62. The van der Waals surface area contributed by atoms with Gasteiger partial charge >= 0.3 is 0 Å². The third-order valence-corrected chi connectivity index (χ3v) is 4.68. The Labute approximate surface area is 179 Å². The molecule has 0 saturated carbocycles. The molecular formula is C24H15ClN2O3. The van der Waals surface area contributed by atoms with E-state index in [0.717, 1.165) is 5.56 Å². The van der Waals surface area contributed by atoms with Gasteiger partial charge in [-0.25, -0.2) is 0 Å². The molecule has 2 heterocycles. The van der Waals surface area contributed by atoms with E-state index in [-0.39, 0.29) is 30.0 Å². The van der Waals surface area contributed by atoms with Gasteiger partial charge in [0.2, 0.25) is 12.7 Å². The number of halogens is 1. The highest BCUT2D eigenvalue weighted by molar-refractivity contribution is 6.31. The minimum Gasteiger partial charge on any atom is -0.472 e. The van der Waals surface area contributed by atoms with Crippen LogP contribution in [0.2, 0.25) is 5.15 Å². The molecule has 0 radical (unpaired) electrons. The van der Waals surface area contributed by atoms with Crippen molar-refractivity contribution >= 4 is 11.6 Å². The lowest BCUT2D eigenvalue weighted by Gasteiger charge is -2.14. The second-order valence-electron chi connectivity index (χ2n) is 6.26. The number of ether oxygens (including phenoxy) is 3. The van der Waals surface area contributed by atoms with Gasteiger partial charge in [0.05, 0.1) is 5.56 Å². The first-order valence-electron chi connectivity index (χ1n) is 9.04. The molecule has 0 spiro atoms. The Morgan fingerprint density at radius 2 is 1.93 bits per heavy atom. The van der Waals surface area contributed by atoms with Crippen molar-refractivity contribution in [1.82, 2.24) is 4.98 Å². The number of fused-ring (bicyclic) bond motifs is 1. The maximum atomic E-state index is 9.95. The van der Waals surface area contributed by atoms with Gasteiger partial charge in [0.15, 0.2) is 11.5 Å². The highest BCUT2D eigenvalue weighted by Crippen LogP contribution is 2.41. The normalized spacial score (nSPS) is 11.2. The van der Waals surface area contributed by atoms with Crippen LogP contribution in [-0.2, 0) is 6.61 Å². The first kappa shape index (κ1) is 19.4. The van der Waals surface area contributed by atoms with E-state index in [0.29, 0.717) is 28.2 Å². The van der Waals surface area contributed by atoms with Gasteiger partial charge in [-0.3, -0.25) is 0 Å². The number of nitriles is 1. The quantitative estimate of drug-likeness (QED) is 0.438. The lowest BCUT2D eigenvalue weighted by Crippen LogP contribution is -2.03. The van der Waals surface area contributed by atoms with Crippen LogP contribution in [0.15, 0.2) is 61.2 Å². The van der Waals surface area contributed by atoms with E-state index in [2.05, 4.69) is 29.5 Å². The largest absolute Gasteiger partial charge is 0.472 e. The maximum absolute atomic E-state index is 9.95. The molecule has 0 atom stereocenters. The van der Waals surface area contributed by atoms with Crippen LogP contribution < -0.4 is 14.2 Å². The SMILES string of the molecule is C=CC#Cc1c(Cl)nc(OCc2ccccc2)c(C#N)c1-c1ccc2c(c1)OCO2. The average molecular weight is 415 g/mol. The van der Waals surface area contributed by atoms with Crippen molar-refractivity contribution in [2.45, 2.75) is 6.61 Å². The van der Waals surface area contributed by atoms with E-state index in [1.54, 1.807) is 12.1 Å². The maximum Gasteiger partial charge on any atom is 0.234 e. The van der Waals surface area contributed by atoms with Crippen molar-refractivity contribution in [3.63, 3.8) is 0 Å². The fourth-order valence-corrected chi connectivity index (χ4v) is 3.27. The Morgan fingerprint density at radius 3 is 2.70 bits per heavy atom. The summed E-state index contributed by atoms with van der Waals surface area (Å²) in [5, 5.41) is 10.1. The molecule has 2 aromatic carbocycles. The van der Waals surface area contributed by atoms with Gasteiger partial charge in [-0.15, -0.1) is 0 Å². The van der Waals surface area contributed by atoms with Crippen LogP contribution in [0.3, 0.4) is 0 Å². The van der Waals surface area contributed by atoms with E-state index in [9.17, 15) is 5.26 Å². The number of benzene rings is 2. The number of hydrogen-bond acceptors (Lipinski definition) is 5. The Balaban J connectivity index is 1.85. The summed E-state index contributed by atoms with van der Waals surface area (Å²) in [5.74, 6) is 7.07. The number of pyridine rings is 1. The summed E-state index contributed by atoms with van der Waals surface area (Å²) >= 11 is 6.45. The number of allylic oxidation sites excluding steroid dienone is 1. The monoisotopic (exact) mass is 414 g/mol. The highest BCUT2D eigenvalue weighted by atomic mass is 35.5. The first-order chi connectivity index (χ1) is 14.7. The van der Waals surface area contributed by atoms with E-state index in [1.165, 1.54) is 6.08 Å². The Bertz CT molecular complexity index is 1220. The molecule has 1 aliphatic heterocycles. The van der Waals surface area contributed by atoms with Crippen LogP contribution in [0.4, 0.5) is 0 Å². The van der Waals surface area contributed by atoms with Crippen LogP contribution >= 0.6 is 11.6 Å². The van der Waals surface area contributed by atoms with Gasteiger partial charge in [0.1, 0.15) is 23.4 Å². The second kappa shape index (κ2) is 8.61. The molecule has 1 aromatic heterocycles. The fraction of sp³-hybridized carbons (Fsp3) is 0.0833. The van der Waals surface area contributed by atoms with Gasteiger partial charge in [-0.05, 0) is 29.3 Å². The molecule has 5 nitrogen and oxygen atoms in total. The van der Waals surface area contributed by atoms with E-state index >= 15 is 0 Å². The van der Waals surface area contributed by atoms with Crippen LogP contribution in [0.5, 0.6) is 17.4 Å². The van der Waals surface area contributed by atoms with E-state index in [4.69, 9.17) is 25.8 Å². The van der Waals surface area contributed by atoms with Crippen molar-refractivity contribution in [2.24, 2.45) is 0 Å². The molecule has 3 aromatic rings. The molecule has 6 heteroatoms. The number of nitrogens with zero attached hydrogens (tertiary/aromatic N) is 2. The summed E-state index contributed by atoms with van der Waals surface area (Å²) < 4.78 is 16.7. The minimum atomic E-state index is 0.138. The average Bonchev–Trinajstić information content (AvgIpc) is 3.25. The standard InChI is InChI=1S/C24H15ClN2O3/c1-2-3-9-18-22(17-10-11-20-21(12-17)30-15-29-20)19(13-26)24(27-23(18)25)28-14-16-7-5-4-6-8-16/h2,4-8,10-12H,1,14-15H2. The fourth-order valence-electron chi connectivity index (χ4n) is 3.05. The third-order valence-electron chi connectivity index (χ3n) is 4.41. The summed E-state index contributed by atoms with van der Waals surface area (Å²) in [7, 11) is 0. The molecule has 0 N–H and O–H groups in total. The Kier molecular flexibility index (Phi) is 5.57. The Hall–Kier alpha value is -3.93. The zero-order valence-electron chi connectivity index (χ0n) is 15.8. The molecule has 0 amide bonds. The molecule has 30 heavy (non-hydrogen) atoms. The zero-order valence-corrected chi connectivity index (χ0v) is 16.6. The summed E-state index contributed by atoms with van der Waals surface area (Å²) in [4.78, 5) is 4.30. The molecule has 0 aliphatic carbocycles. The van der Waals surface area contributed by atoms with Crippen LogP contribution in [0, 0.1) is 23.2 Å². The molecule has 4 rings (SSSR count). The molecule has 146 valence electrons. The number of hydrogen-bond donors (Lipinski definition) is 0. The van der Waals surface area contributed by atoms with E-state index in [1.807, 2.05) is 36.4 Å². The van der Waals surface area contributed by atoms with Crippen LogP contribution in [0.25, 0.3) is 11.1 Å². The first-order valence-corrected chi connectivity index (χ1v) is 9.42. The lowest BCUT2D eigenvalue weighted by atomic mass is 9.96. The zero-order chi connectivity index (χ0) is 20.9. The van der Waals surface area contributed by atoms with Gasteiger partial charge in [0, 0.05) is 5.56 Å². The smallest absolute Gasteiger partial charge is 0.234 e. The minimum absolute atomic E-state index is 0.138. The van der Waals surface area contributed by atoms with E-state index < -0.39 is 0 Å². The molecule has 0 bridgehead atoms. The van der Waals surface area contributed by atoms with Crippen molar-refractivity contribution < 1.29 is 14.2 Å². The molecular weight excluding hydrogens is 400 g/mol. The van der Waals surface area contributed by atoms with Crippen molar-refractivity contribution in [3.8, 4) is 46.4 Å². The van der Waals surface area contributed by atoms with Gasteiger partial charge in [0.25, 0.3) is 0 Å². The van der Waals surface area contributed by atoms with Crippen molar-refractivity contribution in [3.05, 3.63) is 83.0 Å². The molecule has 0 fully saturated rings. The topological polar surface area (TPSA) is 64.4 Å². The third kappa shape index (κ3) is 3.80. The summed E-state index contributed by atoms with van der Waals surface area (Å²) in [6, 6.07) is 17.2. The Morgan fingerprint density at radius 1 is 1.13 bits per heavy atom. The van der Waals surface area contributed by atoms with Crippen molar-refractivity contribution in [1.29, 1.82) is 5.26 Å². The molecule has 0 unspecified atom stereocenters. The van der Waals surface area contributed by atoms with Crippen LogP contribution in [0.1, 0.15) is 16.7 Å². The summed E-state index contributed by atoms with van der Waals surface area (Å²) in [6.07, 6.45) is 1.45. The van der Waals surface area contributed by atoms with Gasteiger partial charge < -0.3 is 14.2 Å².